The van der Waals surface area contributed by atoms with E-state index in [4.69, 9.17) is 50.5 Å². The first-order valence-electron chi connectivity index (χ1n) is 13.8. The van der Waals surface area contributed by atoms with Gasteiger partial charge in [-0.1, -0.05) is 50.7 Å². The van der Waals surface area contributed by atoms with Gasteiger partial charge < -0.3 is 44.0 Å². The lowest BCUT2D eigenvalue weighted by Crippen LogP contribution is -2.00. The van der Waals surface area contributed by atoms with E-state index in [-0.39, 0.29) is 37.5 Å². The van der Waals surface area contributed by atoms with E-state index in [2.05, 4.69) is 9.97 Å². The van der Waals surface area contributed by atoms with Crippen molar-refractivity contribution < 1.29 is 38.3 Å². The summed E-state index contributed by atoms with van der Waals surface area (Å²) in [5, 5.41) is 9.55. The van der Waals surface area contributed by atoms with E-state index in [1.165, 1.54) is 19.4 Å². The van der Waals surface area contributed by atoms with Crippen molar-refractivity contribution in [2.75, 3.05) is 34.2 Å². The number of aromatic nitrogens is 2. The van der Waals surface area contributed by atoms with Gasteiger partial charge in [-0.05, 0) is 59.7 Å². The van der Waals surface area contributed by atoms with Crippen LogP contribution in [0.25, 0.3) is 0 Å². The minimum atomic E-state index is 0. The number of nitrogen functional groups attached to an aromatic ring is 1. The van der Waals surface area contributed by atoms with Crippen LogP contribution in [0.15, 0.2) is 91.1 Å². The lowest BCUT2D eigenvalue weighted by molar-refractivity contribution is 0.283. The molecule has 0 aliphatic carbocycles. The van der Waals surface area contributed by atoms with Crippen molar-refractivity contribution in [1.29, 1.82) is 0 Å². The number of aromatic hydroxyl groups is 1. The normalized spacial score (nSPS) is 9.77. The molecule has 0 saturated heterocycles. The molecule has 11 nitrogen and oxygen atoms in total. The highest BCUT2D eigenvalue weighted by Crippen LogP contribution is 2.35. The average molecular weight is 680 g/mol. The molecule has 5 rings (SSSR count). The predicted molar refractivity (Wildman–Crippen MR) is 187 cm³/mol. The number of benzene rings is 4. The SMILES string of the molecule is C.C.COc1ccc(COc2ccc(O)cc2OC)cc1.COc1ccc(COc2ccc(Oc3nc(Cl)cnc3N)cc2OC)cc1. The van der Waals surface area contributed by atoms with Crippen LogP contribution in [0.1, 0.15) is 26.0 Å². The third-order valence-electron chi connectivity index (χ3n) is 6.34. The third-order valence-corrected chi connectivity index (χ3v) is 6.52. The van der Waals surface area contributed by atoms with Crippen LogP contribution in [-0.2, 0) is 13.2 Å². The number of hydrogen-bond donors (Lipinski definition) is 2. The quantitative estimate of drug-likeness (QED) is 0.132. The zero-order valence-corrected chi connectivity index (χ0v) is 26.5. The molecular formula is C36H42ClN3O8. The maximum atomic E-state index is 9.36. The first kappa shape index (κ1) is 38.6. The summed E-state index contributed by atoms with van der Waals surface area (Å²) in [5.74, 6) is 4.66. The largest absolute Gasteiger partial charge is 0.508 e. The summed E-state index contributed by atoms with van der Waals surface area (Å²) in [6.45, 7) is 0.804. The minimum Gasteiger partial charge on any atom is -0.508 e. The zero-order chi connectivity index (χ0) is 32.9. The standard InChI is InChI=1S/C19H18ClN3O4.C15H16O4.2CH4/c1-24-13-5-3-12(4-6-13)11-26-15-8-7-14(9-16(15)25-2)27-19-18(21)22-10-17(20)23-19;1-17-13-6-3-11(4-7-13)10-19-14-8-5-12(16)9-15(14)18-2;;/h3-10H,11H2,1-2H3,(H2,21,22);3-9,16H,10H2,1-2H3;2*1H4. The second kappa shape index (κ2) is 19.2. The first-order valence-corrected chi connectivity index (χ1v) is 14.2. The van der Waals surface area contributed by atoms with Gasteiger partial charge in [0.25, 0.3) is 5.88 Å². The molecule has 48 heavy (non-hydrogen) atoms. The molecule has 0 aliphatic heterocycles. The van der Waals surface area contributed by atoms with Gasteiger partial charge >= 0.3 is 0 Å². The zero-order valence-electron chi connectivity index (χ0n) is 25.7. The fourth-order valence-corrected chi connectivity index (χ4v) is 4.05. The Balaban J connectivity index is 0.000000338. The fraction of sp³-hybridized carbons (Fsp3) is 0.222. The smallest absolute Gasteiger partial charge is 0.264 e. The van der Waals surface area contributed by atoms with Gasteiger partial charge in [0.1, 0.15) is 36.2 Å². The molecule has 1 heterocycles. The second-order valence-electron chi connectivity index (χ2n) is 9.41. The molecule has 256 valence electrons. The van der Waals surface area contributed by atoms with Crippen molar-refractivity contribution in [2.45, 2.75) is 28.1 Å². The fourth-order valence-electron chi connectivity index (χ4n) is 3.92. The van der Waals surface area contributed by atoms with E-state index in [0.29, 0.717) is 42.0 Å². The van der Waals surface area contributed by atoms with Gasteiger partial charge in [0.15, 0.2) is 34.0 Å². The highest BCUT2D eigenvalue weighted by atomic mass is 35.5. The molecule has 0 unspecified atom stereocenters. The number of methoxy groups -OCH3 is 4. The van der Waals surface area contributed by atoms with Gasteiger partial charge in [-0.15, -0.1) is 0 Å². The van der Waals surface area contributed by atoms with Gasteiger partial charge in [-0.25, -0.2) is 4.98 Å². The Morgan fingerprint density at radius 1 is 0.625 bits per heavy atom. The number of halogens is 1. The van der Waals surface area contributed by atoms with E-state index in [1.807, 2.05) is 48.5 Å². The molecule has 1 aromatic heterocycles. The van der Waals surface area contributed by atoms with Crippen molar-refractivity contribution in [2.24, 2.45) is 0 Å². The van der Waals surface area contributed by atoms with Crippen LogP contribution in [0.4, 0.5) is 5.82 Å². The maximum absolute atomic E-state index is 9.36. The second-order valence-corrected chi connectivity index (χ2v) is 9.79. The Kier molecular flexibility index (Phi) is 15.4. The van der Waals surface area contributed by atoms with Crippen LogP contribution in [0, 0.1) is 0 Å². The molecule has 5 aromatic rings. The number of nitrogens with zero attached hydrogens (tertiary/aromatic N) is 2. The summed E-state index contributed by atoms with van der Waals surface area (Å²) in [6.07, 6.45) is 1.35. The lowest BCUT2D eigenvalue weighted by Gasteiger charge is -2.13. The Morgan fingerprint density at radius 2 is 1.10 bits per heavy atom. The summed E-state index contributed by atoms with van der Waals surface area (Å²) in [4.78, 5) is 7.91. The number of phenols is 1. The van der Waals surface area contributed by atoms with Gasteiger partial charge in [-0.3, -0.25) is 0 Å². The third kappa shape index (κ3) is 11.1. The monoisotopic (exact) mass is 679 g/mol. The van der Waals surface area contributed by atoms with Gasteiger partial charge in [0.05, 0.1) is 34.6 Å². The Morgan fingerprint density at radius 3 is 1.60 bits per heavy atom. The van der Waals surface area contributed by atoms with Crippen molar-refractivity contribution >= 4 is 17.4 Å². The van der Waals surface area contributed by atoms with Crippen LogP contribution < -0.4 is 38.9 Å². The summed E-state index contributed by atoms with van der Waals surface area (Å²) < 4.78 is 37.9. The number of phenolic OH excluding ortho intramolecular Hbond substituents is 1. The number of ether oxygens (including phenoxy) is 7. The molecule has 0 spiro atoms. The van der Waals surface area contributed by atoms with E-state index in [1.54, 1.807) is 51.7 Å². The summed E-state index contributed by atoms with van der Waals surface area (Å²) in [7, 11) is 6.34. The van der Waals surface area contributed by atoms with Crippen molar-refractivity contribution in [3.05, 3.63) is 107 Å². The molecule has 4 aromatic carbocycles. The number of nitrogens with two attached hydrogens (primary N) is 1. The Labute approximate surface area is 286 Å². The molecule has 3 N–H and O–H groups in total. The van der Waals surface area contributed by atoms with E-state index < -0.39 is 0 Å². The highest BCUT2D eigenvalue weighted by Gasteiger charge is 2.11. The molecule has 0 radical (unpaired) electrons. The van der Waals surface area contributed by atoms with Crippen LogP contribution in [0.2, 0.25) is 5.15 Å². The Bertz CT molecular complexity index is 1700. The lowest BCUT2D eigenvalue weighted by atomic mass is 10.2. The van der Waals surface area contributed by atoms with Gasteiger partial charge in [-0.2, -0.15) is 4.98 Å². The van der Waals surface area contributed by atoms with Crippen LogP contribution in [0.5, 0.6) is 51.9 Å². The van der Waals surface area contributed by atoms with Crippen molar-refractivity contribution in [3.63, 3.8) is 0 Å². The Hall–Kier alpha value is -5.55. The molecule has 0 saturated carbocycles. The maximum Gasteiger partial charge on any atom is 0.264 e. The molecule has 0 fully saturated rings. The van der Waals surface area contributed by atoms with Crippen LogP contribution in [0.3, 0.4) is 0 Å². The molecule has 0 atom stereocenters. The van der Waals surface area contributed by atoms with E-state index in [9.17, 15) is 5.11 Å². The first-order chi connectivity index (χ1) is 22.3. The van der Waals surface area contributed by atoms with Crippen LogP contribution in [-0.4, -0.2) is 43.5 Å². The molecule has 0 aliphatic rings. The molecule has 0 amide bonds. The minimum absolute atomic E-state index is 0. The van der Waals surface area contributed by atoms with Gasteiger partial charge in [0, 0.05) is 12.1 Å². The average Bonchev–Trinajstić information content (AvgIpc) is 3.09. The summed E-state index contributed by atoms with van der Waals surface area (Å²) in [5.41, 5.74) is 7.77. The van der Waals surface area contributed by atoms with Crippen molar-refractivity contribution in [1.82, 2.24) is 9.97 Å². The van der Waals surface area contributed by atoms with Gasteiger partial charge in [0.2, 0.25) is 0 Å². The number of hydrogen-bond acceptors (Lipinski definition) is 11. The summed E-state index contributed by atoms with van der Waals surface area (Å²) >= 11 is 5.82. The van der Waals surface area contributed by atoms with Crippen molar-refractivity contribution in [3.8, 4) is 51.9 Å². The molecule has 12 heteroatoms. The predicted octanol–water partition coefficient (Wildman–Crippen LogP) is 8.36. The number of anilines is 1. The topological polar surface area (TPSA) is 137 Å². The summed E-state index contributed by atoms with van der Waals surface area (Å²) in [6, 6.07) is 25.1. The van der Waals surface area contributed by atoms with E-state index in [0.717, 1.165) is 22.6 Å². The molecular weight excluding hydrogens is 638 g/mol. The van der Waals surface area contributed by atoms with E-state index >= 15 is 0 Å². The molecule has 0 bridgehead atoms. The van der Waals surface area contributed by atoms with Crippen LogP contribution >= 0.6 is 11.6 Å². The number of rotatable bonds is 12. The highest BCUT2D eigenvalue weighted by molar-refractivity contribution is 6.29.